The topological polar surface area (TPSA) is 66.0 Å². The molecular formula is C24H33IN4O2. The molecule has 2 aromatic carbocycles. The summed E-state index contributed by atoms with van der Waals surface area (Å²) in [6.07, 6.45) is 1.51. The summed E-state index contributed by atoms with van der Waals surface area (Å²) in [5, 5.41) is 6.77. The first-order chi connectivity index (χ1) is 14.7. The molecule has 1 heterocycles. The zero-order valence-corrected chi connectivity index (χ0v) is 20.7. The van der Waals surface area contributed by atoms with Gasteiger partial charge in [0.15, 0.2) is 5.96 Å². The van der Waals surface area contributed by atoms with E-state index in [1.807, 2.05) is 42.2 Å². The highest BCUT2D eigenvalue weighted by atomic mass is 127. The monoisotopic (exact) mass is 536 g/mol. The van der Waals surface area contributed by atoms with Crippen molar-refractivity contribution in [2.45, 2.75) is 45.9 Å². The summed E-state index contributed by atoms with van der Waals surface area (Å²) in [6, 6.07) is 18.4. The van der Waals surface area contributed by atoms with Crippen molar-refractivity contribution >= 4 is 35.8 Å². The van der Waals surface area contributed by atoms with Crippen LogP contribution in [-0.2, 0) is 17.9 Å². The molecule has 0 saturated carbocycles. The van der Waals surface area contributed by atoms with Crippen molar-refractivity contribution in [2.24, 2.45) is 4.99 Å². The summed E-state index contributed by atoms with van der Waals surface area (Å²) < 4.78 is 5.79. The number of halogens is 1. The second-order valence-corrected chi connectivity index (χ2v) is 7.44. The number of hydrogen-bond donors (Lipinski definition) is 2. The maximum absolute atomic E-state index is 11.9. The number of benzene rings is 2. The lowest BCUT2D eigenvalue weighted by Crippen LogP contribution is -2.45. The molecule has 1 fully saturated rings. The van der Waals surface area contributed by atoms with E-state index in [4.69, 9.17) is 9.73 Å². The number of para-hydroxylation sites is 1. The van der Waals surface area contributed by atoms with Gasteiger partial charge in [0, 0.05) is 32.1 Å². The zero-order chi connectivity index (χ0) is 21.2. The number of guanidine groups is 1. The van der Waals surface area contributed by atoms with E-state index < -0.39 is 0 Å². The van der Waals surface area contributed by atoms with Crippen LogP contribution in [0.1, 0.15) is 37.8 Å². The molecule has 2 N–H and O–H groups in total. The van der Waals surface area contributed by atoms with Gasteiger partial charge < -0.3 is 20.3 Å². The standard InChI is InChI=1S/C24H32N4O2.HI/c1-3-23(29)28-15-14-21(17-28)27-24(25-4-2)26-16-19-10-12-20(13-11-19)18-30-22-8-6-5-7-9-22;/h5-13,21H,3-4,14-18H2,1-2H3,(H2,25,26,27);1H. The zero-order valence-electron chi connectivity index (χ0n) is 18.3. The van der Waals surface area contributed by atoms with Crippen molar-refractivity contribution in [3.8, 4) is 5.75 Å². The number of carbonyl (C=O) groups excluding carboxylic acids is 1. The minimum atomic E-state index is 0. The molecule has 6 nitrogen and oxygen atoms in total. The SMILES string of the molecule is CCNC(=NCc1ccc(COc2ccccc2)cc1)NC1CCN(C(=O)CC)C1.I. The third kappa shape index (κ3) is 8.05. The average Bonchev–Trinajstić information content (AvgIpc) is 3.25. The number of likely N-dealkylation sites (tertiary alicyclic amines) is 1. The van der Waals surface area contributed by atoms with Gasteiger partial charge in [-0.1, -0.05) is 49.4 Å². The third-order valence-electron chi connectivity index (χ3n) is 5.12. The first-order valence-corrected chi connectivity index (χ1v) is 10.8. The van der Waals surface area contributed by atoms with Crippen LogP contribution in [0.2, 0.25) is 0 Å². The molecule has 1 atom stereocenters. The first kappa shape index (κ1) is 25.0. The van der Waals surface area contributed by atoms with Gasteiger partial charge in [-0.3, -0.25) is 4.79 Å². The average molecular weight is 536 g/mol. The number of rotatable bonds is 8. The molecule has 0 spiro atoms. The van der Waals surface area contributed by atoms with Gasteiger partial charge in [-0.2, -0.15) is 0 Å². The molecule has 0 radical (unpaired) electrons. The van der Waals surface area contributed by atoms with E-state index in [2.05, 4.69) is 41.8 Å². The predicted octanol–water partition coefficient (Wildman–Crippen LogP) is 3.95. The Bertz CT molecular complexity index is 827. The largest absolute Gasteiger partial charge is 0.489 e. The van der Waals surface area contributed by atoms with Crippen LogP contribution in [0, 0.1) is 0 Å². The van der Waals surface area contributed by atoms with E-state index in [9.17, 15) is 4.79 Å². The minimum absolute atomic E-state index is 0. The van der Waals surface area contributed by atoms with Crippen molar-refractivity contribution in [2.75, 3.05) is 19.6 Å². The van der Waals surface area contributed by atoms with Crippen molar-refractivity contribution in [1.82, 2.24) is 15.5 Å². The van der Waals surface area contributed by atoms with Crippen LogP contribution < -0.4 is 15.4 Å². The van der Waals surface area contributed by atoms with Crippen molar-refractivity contribution in [1.29, 1.82) is 0 Å². The molecule has 0 bridgehead atoms. The smallest absolute Gasteiger partial charge is 0.222 e. The van der Waals surface area contributed by atoms with Crippen LogP contribution >= 0.6 is 24.0 Å². The van der Waals surface area contributed by atoms with Gasteiger partial charge in [0.05, 0.1) is 6.54 Å². The molecule has 0 aliphatic carbocycles. The lowest BCUT2D eigenvalue weighted by atomic mass is 10.1. The van der Waals surface area contributed by atoms with Gasteiger partial charge in [-0.05, 0) is 36.6 Å². The lowest BCUT2D eigenvalue weighted by molar-refractivity contribution is -0.129. The number of ether oxygens (including phenoxy) is 1. The fourth-order valence-corrected chi connectivity index (χ4v) is 3.44. The van der Waals surface area contributed by atoms with Crippen molar-refractivity contribution in [3.05, 3.63) is 65.7 Å². The molecule has 1 aliphatic heterocycles. The Balaban J connectivity index is 0.00000341. The third-order valence-corrected chi connectivity index (χ3v) is 5.12. The molecule has 1 unspecified atom stereocenters. The Morgan fingerprint density at radius 3 is 2.48 bits per heavy atom. The molecule has 31 heavy (non-hydrogen) atoms. The van der Waals surface area contributed by atoms with Gasteiger partial charge in [0.1, 0.15) is 12.4 Å². The lowest BCUT2D eigenvalue weighted by Gasteiger charge is -2.18. The van der Waals surface area contributed by atoms with Gasteiger partial charge in [-0.25, -0.2) is 4.99 Å². The molecular weight excluding hydrogens is 503 g/mol. The van der Waals surface area contributed by atoms with Gasteiger partial charge in [0.2, 0.25) is 5.91 Å². The van der Waals surface area contributed by atoms with Crippen LogP contribution in [0.5, 0.6) is 5.75 Å². The number of nitrogens with zero attached hydrogens (tertiary/aromatic N) is 2. The summed E-state index contributed by atoms with van der Waals surface area (Å²) in [6.45, 7) is 7.47. The summed E-state index contributed by atoms with van der Waals surface area (Å²) in [5.74, 6) is 1.89. The Hall–Kier alpha value is -2.29. The second kappa shape index (κ2) is 13.2. The fourth-order valence-electron chi connectivity index (χ4n) is 3.44. The van der Waals surface area contributed by atoms with E-state index in [1.165, 1.54) is 0 Å². The highest BCUT2D eigenvalue weighted by Crippen LogP contribution is 2.13. The molecule has 1 saturated heterocycles. The second-order valence-electron chi connectivity index (χ2n) is 7.44. The van der Waals surface area contributed by atoms with Gasteiger partial charge in [-0.15, -0.1) is 24.0 Å². The van der Waals surface area contributed by atoms with E-state index in [1.54, 1.807) is 0 Å². The van der Waals surface area contributed by atoms with E-state index in [0.717, 1.165) is 48.9 Å². The minimum Gasteiger partial charge on any atom is -0.489 e. The summed E-state index contributed by atoms with van der Waals surface area (Å²) >= 11 is 0. The van der Waals surface area contributed by atoms with E-state index in [-0.39, 0.29) is 35.9 Å². The quantitative estimate of drug-likeness (QED) is 0.305. The number of amides is 1. The maximum atomic E-state index is 11.9. The molecule has 2 aromatic rings. The Morgan fingerprint density at radius 1 is 1.10 bits per heavy atom. The van der Waals surface area contributed by atoms with E-state index in [0.29, 0.717) is 19.6 Å². The van der Waals surface area contributed by atoms with Crippen LogP contribution in [0.4, 0.5) is 0 Å². The number of hydrogen-bond acceptors (Lipinski definition) is 3. The van der Waals surface area contributed by atoms with Crippen molar-refractivity contribution < 1.29 is 9.53 Å². The van der Waals surface area contributed by atoms with Gasteiger partial charge >= 0.3 is 0 Å². The maximum Gasteiger partial charge on any atom is 0.222 e. The Morgan fingerprint density at radius 2 is 1.81 bits per heavy atom. The first-order valence-electron chi connectivity index (χ1n) is 10.8. The number of carbonyl (C=O) groups is 1. The Kier molecular flexibility index (Phi) is 10.6. The molecule has 3 rings (SSSR count). The highest BCUT2D eigenvalue weighted by molar-refractivity contribution is 14.0. The summed E-state index contributed by atoms with van der Waals surface area (Å²) in [4.78, 5) is 18.5. The molecule has 0 aromatic heterocycles. The molecule has 1 aliphatic rings. The highest BCUT2D eigenvalue weighted by Gasteiger charge is 2.25. The number of nitrogens with one attached hydrogen (secondary N) is 2. The fraction of sp³-hybridized carbons (Fsp3) is 0.417. The predicted molar refractivity (Wildman–Crippen MR) is 136 cm³/mol. The molecule has 1 amide bonds. The number of aliphatic imine (C=N–C) groups is 1. The van der Waals surface area contributed by atoms with Crippen LogP contribution in [0.3, 0.4) is 0 Å². The van der Waals surface area contributed by atoms with Crippen LogP contribution in [0.15, 0.2) is 59.6 Å². The van der Waals surface area contributed by atoms with Crippen LogP contribution in [0.25, 0.3) is 0 Å². The van der Waals surface area contributed by atoms with E-state index >= 15 is 0 Å². The summed E-state index contributed by atoms with van der Waals surface area (Å²) in [5.41, 5.74) is 2.27. The van der Waals surface area contributed by atoms with Gasteiger partial charge in [0.25, 0.3) is 0 Å². The molecule has 7 heteroatoms. The van der Waals surface area contributed by atoms with Crippen molar-refractivity contribution in [3.63, 3.8) is 0 Å². The summed E-state index contributed by atoms with van der Waals surface area (Å²) in [7, 11) is 0. The normalized spacial score (nSPS) is 15.9. The Labute approximate surface area is 202 Å². The molecule has 168 valence electrons. The van der Waals surface area contributed by atoms with Crippen LogP contribution in [-0.4, -0.2) is 42.4 Å².